The van der Waals surface area contributed by atoms with Gasteiger partial charge in [0.15, 0.2) is 11.5 Å². The first-order valence-corrected chi connectivity index (χ1v) is 10.9. The van der Waals surface area contributed by atoms with E-state index in [4.69, 9.17) is 9.47 Å². The predicted octanol–water partition coefficient (Wildman–Crippen LogP) is 5.30. The summed E-state index contributed by atoms with van der Waals surface area (Å²) >= 11 is 3.41. The topological polar surface area (TPSA) is 71.3 Å². The molecule has 0 saturated carbocycles. The molecule has 0 aromatic heterocycles. The van der Waals surface area contributed by atoms with E-state index in [9.17, 15) is 10.1 Å². The number of benzene rings is 3. The molecule has 1 amide bonds. The van der Waals surface area contributed by atoms with Gasteiger partial charge in [0, 0.05) is 11.0 Å². The van der Waals surface area contributed by atoms with Crippen LogP contribution in [0.1, 0.15) is 16.7 Å². The van der Waals surface area contributed by atoms with Gasteiger partial charge in [-0.05, 0) is 53.5 Å². The molecule has 0 aliphatic carbocycles. The number of rotatable bonds is 9. The van der Waals surface area contributed by atoms with Crippen molar-refractivity contribution in [2.24, 2.45) is 0 Å². The van der Waals surface area contributed by atoms with E-state index in [1.165, 1.54) is 0 Å². The molecule has 0 fully saturated rings. The summed E-state index contributed by atoms with van der Waals surface area (Å²) in [5.41, 5.74) is 2.85. The van der Waals surface area contributed by atoms with Crippen LogP contribution in [0.5, 0.6) is 11.5 Å². The summed E-state index contributed by atoms with van der Waals surface area (Å²) < 4.78 is 12.3. The smallest absolute Gasteiger partial charge is 0.261 e. The summed E-state index contributed by atoms with van der Waals surface area (Å²) in [6.45, 7) is 0.847. The fourth-order valence-electron chi connectivity index (χ4n) is 3.01. The first-order chi connectivity index (χ1) is 15.6. The van der Waals surface area contributed by atoms with Crippen molar-refractivity contribution in [1.29, 1.82) is 5.26 Å². The Morgan fingerprint density at radius 1 is 1.03 bits per heavy atom. The van der Waals surface area contributed by atoms with Crippen molar-refractivity contribution in [3.8, 4) is 17.6 Å². The summed E-state index contributed by atoms with van der Waals surface area (Å²) in [7, 11) is 1.55. The number of hydrogen-bond donors (Lipinski definition) is 1. The highest BCUT2D eigenvalue weighted by molar-refractivity contribution is 9.10. The molecule has 0 spiro atoms. The van der Waals surface area contributed by atoms with Crippen LogP contribution < -0.4 is 14.8 Å². The first-order valence-electron chi connectivity index (χ1n) is 10.1. The maximum Gasteiger partial charge on any atom is 0.261 e. The quantitative estimate of drug-likeness (QED) is 0.326. The standard InChI is InChI=1S/C26H23BrN2O3/c1-31-25-16-21(9-12-24(25)32-18-20-7-10-23(27)11-8-20)15-22(17-28)26(30)29-14-13-19-5-3-2-4-6-19/h2-12,15-16H,13-14,18H2,1H3,(H,29,30)/b22-15+. The molecule has 0 heterocycles. The highest BCUT2D eigenvalue weighted by Gasteiger charge is 2.11. The number of ether oxygens (including phenoxy) is 2. The van der Waals surface area contributed by atoms with E-state index < -0.39 is 5.91 Å². The number of nitriles is 1. The van der Waals surface area contributed by atoms with Gasteiger partial charge in [0.25, 0.3) is 5.91 Å². The van der Waals surface area contributed by atoms with Gasteiger partial charge < -0.3 is 14.8 Å². The zero-order chi connectivity index (χ0) is 22.8. The van der Waals surface area contributed by atoms with Crippen LogP contribution in [0.2, 0.25) is 0 Å². The predicted molar refractivity (Wildman–Crippen MR) is 128 cm³/mol. The van der Waals surface area contributed by atoms with E-state index >= 15 is 0 Å². The molecule has 1 N–H and O–H groups in total. The lowest BCUT2D eigenvalue weighted by Crippen LogP contribution is -2.26. The van der Waals surface area contributed by atoms with Gasteiger partial charge in [0.05, 0.1) is 7.11 Å². The molecule has 0 radical (unpaired) electrons. The maximum atomic E-state index is 12.4. The van der Waals surface area contributed by atoms with Gasteiger partial charge in [0.2, 0.25) is 0 Å². The molecular weight excluding hydrogens is 468 g/mol. The molecule has 6 heteroatoms. The van der Waals surface area contributed by atoms with Crippen LogP contribution in [0.4, 0.5) is 0 Å². The van der Waals surface area contributed by atoms with Crippen LogP contribution in [0, 0.1) is 11.3 Å². The minimum Gasteiger partial charge on any atom is -0.493 e. The lowest BCUT2D eigenvalue weighted by Gasteiger charge is -2.12. The molecule has 3 aromatic carbocycles. The highest BCUT2D eigenvalue weighted by atomic mass is 79.9. The Kier molecular flexibility index (Phi) is 8.47. The second-order valence-electron chi connectivity index (χ2n) is 6.99. The molecule has 0 aliphatic heterocycles. The van der Waals surface area contributed by atoms with Crippen LogP contribution in [0.3, 0.4) is 0 Å². The molecule has 0 aliphatic rings. The van der Waals surface area contributed by atoms with Gasteiger partial charge in [-0.2, -0.15) is 5.26 Å². The molecule has 162 valence electrons. The summed E-state index contributed by atoms with van der Waals surface area (Å²) in [4.78, 5) is 12.4. The van der Waals surface area contributed by atoms with Crippen LogP contribution in [-0.2, 0) is 17.8 Å². The number of carbonyl (C=O) groups is 1. The largest absolute Gasteiger partial charge is 0.493 e. The number of halogens is 1. The summed E-state index contributed by atoms with van der Waals surface area (Å²) in [6, 6.07) is 25.0. The van der Waals surface area contributed by atoms with Crippen LogP contribution in [0.15, 0.2) is 82.8 Å². The number of nitrogens with one attached hydrogen (secondary N) is 1. The number of amides is 1. The summed E-state index contributed by atoms with van der Waals surface area (Å²) in [5.74, 6) is 0.703. The lowest BCUT2D eigenvalue weighted by atomic mass is 10.1. The molecule has 3 rings (SSSR count). The van der Waals surface area contributed by atoms with Gasteiger partial charge in [-0.15, -0.1) is 0 Å². The van der Waals surface area contributed by atoms with Crippen molar-refractivity contribution in [2.45, 2.75) is 13.0 Å². The van der Waals surface area contributed by atoms with Crippen molar-refractivity contribution in [3.05, 3.63) is 99.5 Å². The maximum absolute atomic E-state index is 12.4. The second-order valence-corrected chi connectivity index (χ2v) is 7.90. The Hall–Kier alpha value is -3.56. The number of methoxy groups -OCH3 is 1. The van der Waals surface area contributed by atoms with Gasteiger partial charge >= 0.3 is 0 Å². The van der Waals surface area contributed by atoms with Crippen molar-refractivity contribution < 1.29 is 14.3 Å². The Labute approximate surface area is 196 Å². The molecule has 3 aromatic rings. The minimum atomic E-state index is -0.405. The third-order valence-corrected chi connectivity index (χ3v) is 5.24. The van der Waals surface area contributed by atoms with Crippen LogP contribution in [0.25, 0.3) is 6.08 Å². The minimum absolute atomic E-state index is 0.0312. The summed E-state index contributed by atoms with van der Waals surface area (Å²) in [5, 5.41) is 12.2. The van der Waals surface area contributed by atoms with Gasteiger partial charge in [-0.3, -0.25) is 4.79 Å². The molecule has 0 saturated heterocycles. The van der Waals surface area contributed by atoms with Crippen molar-refractivity contribution in [1.82, 2.24) is 5.32 Å². The highest BCUT2D eigenvalue weighted by Crippen LogP contribution is 2.30. The Morgan fingerprint density at radius 3 is 2.47 bits per heavy atom. The summed E-state index contributed by atoms with van der Waals surface area (Å²) in [6.07, 6.45) is 2.24. The van der Waals surface area contributed by atoms with Crippen LogP contribution in [-0.4, -0.2) is 19.6 Å². The number of carbonyl (C=O) groups excluding carboxylic acids is 1. The Morgan fingerprint density at radius 2 is 1.78 bits per heavy atom. The average molecular weight is 491 g/mol. The van der Waals surface area contributed by atoms with E-state index in [1.807, 2.05) is 60.7 Å². The number of hydrogen-bond acceptors (Lipinski definition) is 4. The number of nitrogens with zero attached hydrogens (tertiary/aromatic N) is 1. The second kappa shape index (κ2) is 11.7. The first kappa shape index (κ1) is 23.1. The third-order valence-electron chi connectivity index (χ3n) is 4.71. The van der Waals surface area contributed by atoms with E-state index in [1.54, 1.807) is 31.4 Å². The zero-order valence-electron chi connectivity index (χ0n) is 17.7. The SMILES string of the molecule is COc1cc(/C=C(\C#N)C(=O)NCCc2ccccc2)ccc1OCc1ccc(Br)cc1. The van der Waals surface area contributed by atoms with E-state index in [0.717, 1.165) is 15.6 Å². The normalized spacial score (nSPS) is 10.8. The molecule has 0 unspecified atom stereocenters. The monoisotopic (exact) mass is 490 g/mol. The van der Waals surface area contributed by atoms with Gasteiger partial charge in [-0.1, -0.05) is 64.5 Å². The van der Waals surface area contributed by atoms with Crippen molar-refractivity contribution >= 4 is 27.9 Å². The molecule has 0 atom stereocenters. The molecule has 0 bridgehead atoms. The Bertz CT molecular complexity index is 1120. The fraction of sp³-hybridized carbons (Fsp3) is 0.154. The molecule has 5 nitrogen and oxygen atoms in total. The zero-order valence-corrected chi connectivity index (χ0v) is 19.3. The van der Waals surface area contributed by atoms with E-state index in [0.29, 0.717) is 36.6 Å². The molecule has 32 heavy (non-hydrogen) atoms. The average Bonchev–Trinajstić information content (AvgIpc) is 2.83. The third kappa shape index (κ3) is 6.73. The Balaban J connectivity index is 1.64. The fourth-order valence-corrected chi connectivity index (χ4v) is 3.27. The van der Waals surface area contributed by atoms with Crippen LogP contribution >= 0.6 is 15.9 Å². The van der Waals surface area contributed by atoms with Crippen molar-refractivity contribution in [2.75, 3.05) is 13.7 Å². The lowest BCUT2D eigenvalue weighted by molar-refractivity contribution is -0.117. The van der Waals surface area contributed by atoms with Gasteiger partial charge in [-0.25, -0.2) is 0 Å². The molecular formula is C26H23BrN2O3. The van der Waals surface area contributed by atoms with E-state index in [-0.39, 0.29) is 5.57 Å². The van der Waals surface area contributed by atoms with E-state index in [2.05, 4.69) is 21.2 Å². The van der Waals surface area contributed by atoms with Crippen molar-refractivity contribution in [3.63, 3.8) is 0 Å². The van der Waals surface area contributed by atoms with Gasteiger partial charge in [0.1, 0.15) is 18.2 Å².